The Labute approximate surface area is 130 Å². The van der Waals surface area contributed by atoms with Crippen molar-refractivity contribution in [3.8, 4) is 11.5 Å². The number of para-hydroxylation sites is 1. The van der Waals surface area contributed by atoms with Crippen molar-refractivity contribution < 1.29 is 9.47 Å². The van der Waals surface area contributed by atoms with Crippen LogP contribution in [0.2, 0.25) is 5.02 Å². The Bertz CT molecular complexity index is 601. The Morgan fingerprint density at radius 1 is 1.14 bits per heavy atom. The Morgan fingerprint density at radius 2 is 1.90 bits per heavy atom. The Hall–Kier alpha value is -1.71. The Balaban J connectivity index is 2.19. The molecule has 0 amide bonds. The molecule has 1 atom stereocenters. The fourth-order valence-corrected chi connectivity index (χ4v) is 2.34. The SMILES string of the molecule is CNC(C)c1ccccc1OCc1cc(Cl)ccc1OC. The van der Waals surface area contributed by atoms with E-state index in [1.165, 1.54) is 0 Å². The number of nitrogens with one attached hydrogen (secondary N) is 1. The van der Waals surface area contributed by atoms with Crippen molar-refractivity contribution in [1.82, 2.24) is 5.32 Å². The molecule has 1 N–H and O–H groups in total. The summed E-state index contributed by atoms with van der Waals surface area (Å²) in [4.78, 5) is 0. The molecule has 3 nitrogen and oxygen atoms in total. The van der Waals surface area contributed by atoms with Crippen LogP contribution >= 0.6 is 11.6 Å². The van der Waals surface area contributed by atoms with Gasteiger partial charge in [-0.2, -0.15) is 0 Å². The first-order valence-corrected chi connectivity index (χ1v) is 7.25. The first kappa shape index (κ1) is 15.7. The topological polar surface area (TPSA) is 30.5 Å². The normalized spacial score (nSPS) is 12.0. The van der Waals surface area contributed by atoms with Crippen LogP contribution in [0.5, 0.6) is 11.5 Å². The third-order valence-corrected chi connectivity index (χ3v) is 3.68. The minimum absolute atomic E-state index is 0.224. The van der Waals surface area contributed by atoms with E-state index in [1.54, 1.807) is 13.2 Å². The lowest BCUT2D eigenvalue weighted by molar-refractivity contribution is 0.291. The van der Waals surface area contributed by atoms with Crippen molar-refractivity contribution in [3.63, 3.8) is 0 Å². The predicted octanol–water partition coefficient (Wildman–Crippen LogP) is 4.21. The molecule has 0 bridgehead atoms. The molecule has 0 saturated heterocycles. The fourth-order valence-electron chi connectivity index (χ4n) is 2.14. The van der Waals surface area contributed by atoms with Gasteiger partial charge in [-0.25, -0.2) is 0 Å². The van der Waals surface area contributed by atoms with Crippen LogP contribution in [-0.4, -0.2) is 14.2 Å². The number of methoxy groups -OCH3 is 1. The third-order valence-electron chi connectivity index (χ3n) is 3.44. The van der Waals surface area contributed by atoms with Crippen molar-refractivity contribution in [2.45, 2.75) is 19.6 Å². The lowest BCUT2D eigenvalue weighted by Crippen LogP contribution is -2.13. The molecule has 112 valence electrons. The average Bonchev–Trinajstić information content (AvgIpc) is 2.52. The molecule has 0 heterocycles. The maximum Gasteiger partial charge on any atom is 0.125 e. The first-order valence-electron chi connectivity index (χ1n) is 6.87. The van der Waals surface area contributed by atoms with E-state index in [9.17, 15) is 0 Å². The second kappa shape index (κ2) is 7.34. The number of benzene rings is 2. The lowest BCUT2D eigenvalue weighted by Gasteiger charge is -2.17. The summed E-state index contributed by atoms with van der Waals surface area (Å²) >= 11 is 6.04. The predicted molar refractivity (Wildman–Crippen MR) is 86.3 cm³/mol. The van der Waals surface area contributed by atoms with E-state index >= 15 is 0 Å². The quantitative estimate of drug-likeness (QED) is 0.867. The second-order valence-corrected chi connectivity index (χ2v) is 5.23. The maximum absolute atomic E-state index is 6.04. The zero-order chi connectivity index (χ0) is 15.2. The van der Waals surface area contributed by atoms with Crippen molar-refractivity contribution in [1.29, 1.82) is 0 Å². The molecule has 0 saturated carbocycles. The highest BCUT2D eigenvalue weighted by Gasteiger charge is 2.11. The van der Waals surface area contributed by atoms with Crippen molar-refractivity contribution >= 4 is 11.6 Å². The van der Waals surface area contributed by atoms with Gasteiger partial charge < -0.3 is 14.8 Å². The standard InChI is InChI=1S/C17H20ClNO2/c1-12(19-2)15-6-4-5-7-17(15)21-11-13-10-14(18)8-9-16(13)20-3/h4-10,12,19H,11H2,1-3H3. The summed E-state index contributed by atoms with van der Waals surface area (Å²) in [6, 6.07) is 13.8. The van der Waals surface area contributed by atoms with Crippen LogP contribution in [0, 0.1) is 0 Å². The monoisotopic (exact) mass is 305 g/mol. The minimum atomic E-state index is 0.224. The van der Waals surface area contributed by atoms with Crippen LogP contribution < -0.4 is 14.8 Å². The van der Waals surface area contributed by atoms with E-state index in [-0.39, 0.29) is 6.04 Å². The zero-order valence-corrected chi connectivity index (χ0v) is 13.3. The van der Waals surface area contributed by atoms with Gasteiger partial charge in [-0.3, -0.25) is 0 Å². The molecule has 0 aliphatic heterocycles. The highest BCUT2D eigenvalue weighted by atomic mass is 35.5. The van der Waals surface area contributed by atoms with Gasteiger partial charge in [0.05, 0.1) is 7.11 Å². The second-order valence-electron chi connectivity index (χ2n) is 4.79. The summed E-state index contributed by atoms with van der Waals surface area (Å²) in [7, 11) is 3.57. The number of ether oxygens (including phenoxy) is 2. The highest BCUT2D eigenvalue weighted by Crippen LogP contribution is 2.28. The molecule has 2 aromatic rings. The van der Waals surface area contributed by atoms with E-state index < -0.39 is 0 Å². The van der Waals surface area contributed by atoms with Crippen molar-refractivity contribution in [2.24, 2.45) is 0 Å². The summed E-state index contributed by atoms with van der Waals surface area (Å²) in [5, 5.41) is 3.90. The molecular formula is C17H20ClNO2. The number of halogens is 1. The van der Waals surface area contributed by atoms with Crippen LogP contribution in [-0.2, 0) is 6.61 Å². The fraction of sp³-hybridized carbons (Fsp3) is 0.294. The van der Waals surface area contributed by atoms with Gasteiger partial charge in [-0.15, -0.1) is 0 Å². The smallest absolute Gasteiger partial charge is 0.125 e. The van der Waals surface area contributed by atoms with E-state index in [0.29, 0.717) is 11.6 Å². The molecule has 0 spiro atoms. The molecule has 0 radical (unpaired) electrons. The van der Waals surface area contributed by atoms with Gasteiger partial charge in [-0.1, -0.05) is 29.8 Å². The molecule has 2 aromatic carbocycles. The minimum Gasteiger partial charge on any atom is -0.496 e. The third kappa shape index (κ3) is 3.90. The number of hydrogen-bond donors (Lipinski definition) is 1. The van der Waals surface area contributed by atoms with Gasteiger partial charge >= 0.3 is 0 Å². The summed E-state index contributed by atoms with van der Waals surface area (Å²) in [5.41, 5.74) is 2.05. The van der Waals surface area contributed by atoms with Gasteiger partial charge in [0.2, 0.25) is 0 Å². The van der Waals surface area contributed by atoms with Crippen LogP contribution in [0.25, 0.3) is 0 Å². The zero-order valence-electron chi connectivity index (χ0n) is 12.5. The van der Waals surface area contributed by atoms with Crippen LogP contribution in [0.15, 0.2) is 42.5 Å². The number of rotatable bonds is 6. The van der Waals surface area contributed by atoms with Crippen LogP contribution in [0.4, 0.5) is 0 Å². The van der Waals surface area contributed by atoms with E-state index in [0.717, 1.165) is 22.6 Å². The van der Waals surface area contributed by atoms with Crippen LogP contribution in [0.3, 0.4) is 0 Å². The lowest BCUT2D eigenvalue weighted by atomic mass is 10.1. The van der Waals surface area contributed by atoms with Gasteiger partial charge in [0.15, 0.2) is 0 Å². The molecule has 21 heavy (non-hydrogen) atoms. The molecule has 0 fully saturated rings. The van der Waals surface area contributed by atoms with Gasteiger partial charge in [0.1, 0.15) is 18.1 Å². The van der Waals surface area contributed by atoms with E-state index in [4.69, 9.17) is 21.1 Å². The van der Waals surface area contributed by atoms with Gasteiger partial charge in [0.25, 0.3) is 0 Å². The molecule has 0 aliphatic rings. The maximum atomic E-state index is 6.04. The van der Waals surface area contributed by atoms with E-state index in [1.807, 2.05) is 37.4 Å². The molecular weight excluding hydrogens is 286 g/mol. The Morgan fingerprint density at radius 3 is 2.62 bits per heavy atom. The van der Waals surface area contributed by atoms with Gasteiger partial charge in [-0.05, 0) is 38.2 Å². The summed E-state index contributed by atoms with van der Waals surface area (Å²) < 4.78 is 11.3. The highest BCUT2D eigenvalue weighted by molar-refractivity contribution is 6.30. The summed E-state index contributed by atoms with van der Waals surface area (Å²) in [6.45, 7) is 2.51. The first-order chi connectivity index (χ1) is 10.2. The molecule has 1 unspecified atom stereocenters. The number of hydrogen-bond acceptors (Lipinski definition) is 3. The van der Waals surface area contributed by atoms with E-state index in [2.05, 4.69) is 18.3 Å². The summed E-state index contributed by atoms with van der Waals surface area (Å²) in [6.07, 6.45) is 0. The summed E-state index contributed by atoms with van der Waals surface area (Å²) in [5.74, 6) is 1.64. The van der Waals surface area contributed by atoms with Crippen molar-refractivity contribution in [2.75, 3.05) is 14.2 Å². The average molecular weight is 306 g/mol. The van der Waals surface area contributed by atoms with Crippen molar-refractivity contribution in [3.05, 3.63) is 58.6 Å². The van der Waals surface area contributed by atoms with Gasteiger partial charge in [0, 0.05) is 22.2 Å². The van der Waals surface area contributed by atoms with Crippen LogP contribution in [0.1, 0.15) is 24.1 Å². The molecule has 0 aromatic heterocycles. The Kier molecular flexibility index (Phi) is 5.48. The largest absolute Gasteiger partial charge is 0.496 e. The molecule has 2 rings (SSSR count). The molecule has 0 aliphatic carbocycles. The molecule has 4 heteroatoms.